The molecule has 3 aliphatic heterocycles. The van der Waals surface area contributed by atoms with E-state index in [1.54, 1.807) is 0 Å². The van der Waals surface area contributed by atoms with Gasteiger partial charge in [-0.15, -0.1) is 0 Å². The van der Waals surface area contributed by atoms with Crippen LogP contribution in [0.2, 0.25) is 0 Å². The molecule has 3 rings (SSSR count). The highest BCUT2D eigenvalue weighted by Gasteiger charge is 2.52. The van der Waals surface area contributed by atoms with Crippen LogP contribution < -0.4 is 16.0 Å². The van der Waals surface area contributed by atoms with Crippen LogP contribution in [-0.4, -0.2) is 65.3 Å². The van der Waals surface area contributed by atoms with Crippen molar-refractivity contribution in [1.82, 2.24) is 5.32 Å². The Hall–Kier alpha value is -1.52. The molecule has 0 aromatic heterocycles. The van der Waals surface area contributed by atoms with E-state index in [9.17, 15) is 10.2 Å². The van der Waals surface area contributed by atoms with Gasteiger partial charge in [0.15, 0.2) is 18.1 Å². The number of ether oxygens (including phenoxy) is 1. The molecule has 0 aliphatic carbocycles. The summed E-state index contributed by atoms with van der Waals surface area (Å²) in [7, 11) is 0. The lowest BCUT2D eigenvalue weighted by Crippen LogP contribution is -3.18. The number of hydrogen-bond donors (Lipinski definition) is 6. The molecule has 7 N–H and O–H groups in total. The first-order chi connectivity index (χ1) is 9.13. The molecule has 9 nitrogen and oxygen atoms in total. The van der Waals surface area contributed by atoms with E-state index in [-0.39, 0.29) is 6.61 Å². The van der Waals surface area contributed by atoms with Crippen LogP contribution in [-0.2, 0) is 4.74 Å². The van der Waals surface area contributed by atoms with Crippen molar-refractivity contribution in [3.05, 3.63) is 11.5 Å². The minimum absolute atomic E-state index is 0.362. The molecule has 1 saturated heterocycles. The molecule has 0 radical (unpaired) electrons. The Morgan fingerprint density at radius 1 is 1.42 bits per heavy atom. The summed E-state index contributed by atoms with van der Waals surface area (Å²) in [6.45, 7) is -0.362. The summed E-state index contributed by atoms with van der Waals surface area (Å²) >= 11 is 0. The summed E-state index contributed by atoms with van der Waals surface area (Å²) in [4.78, 5) is 8.99. The van der Waals surface area contributed by atoms with Crippen LogP contribution in [0, 0.1) is 0 Å². The maximum absolute atomic E-state index is 9.99. The molecule has 0 saturated carbocycles. The van der Waals surface area contributed by atoms with Crippen molar-refractivity contribution in [2.45, 2.75) is 30.7 Å². The fraction of sp³-hybridized carbons (Fsp3) is 0.600. The van der Waals surface area contributed by atoms with Gasteiger partial charge < -0.3 is 31.1 Å². The minimum Gasteiger partial charge on any atom is -0.394 e. The molecule has 2 unspecified atom stereocenters. The third-order valence-electron chi connectivity index (χ3n) is 3.52. The molecule has 0 aromatic rings. The summed E-state index contributed by atoms with van der Waals surface area (Å²) in [6.07, 6.45) is -1.22. The minimum atomic E-state index is -1.13. The molecule has 19 heavy (non-hydrogen) atoms. The van der Waals surface area contributed by atoms with Crippen LogP contribution in [0.1, 0.15) is 0 Å². The predicted molar refractivity (Wildman–Crippen MR) is 63.8 cm³/mol. The number of nitrogens with zero attached hydrogens (tertiary/aromatic N) is 2. The summed E-state index contributed by atoms with van der Waals surface area (Å²) in [5.41, 5.74) is 6.32. The average Bonchev–Trinajstić information content (AvgIpc) is 2.94. The molecule has 0 amide bonds. The van der Waals surface area contributed by atoms with E-state index in [2.05, 4.69) is 15.3 Å². The van der Waals surface area contributed by atoms with E-state index in [0.717, 1.165) is 0 Å². The fourth-order valence-electron chi connectivity index (χ4n) is 2.48. The number of fused-ring (bicyclic) bond motifs is 1. The van der Waals surface area contributed by atoms with Crippen molar-refractivity contribution in [2.75, 3.05) is 6.61 Å². The molecular formula is C10H16N5O4+. The van der Waals surface area contributed by atoms with Gasteiger partial charge in [-0.3, -0.25) is 0 Å². The van der Waals surface area contributed by atoms with Crippen LogP contribution in [0.25, 0.3) is 0 Å². The van der Waals surface area contributed by atoms with Crippen molar-refractivity contribution in [1.29, 1.82) is 0 Å². The number of aliphatic hydroxyl groups is 3. The lowest BCUT2D eigenvalue weighted by molar-refractivity contribution is -0.873. The zero-order valence-corrected chi connectivity index (χ0v) is 9.97. The second-order valence-electron chi connectivity index (χ2n) is 4.64. The second-order valence-corrected chi connectivity index (χ2v) is 4.64. The first kappa shape index (κ1) is 12.5. The molecule has 9 heteroatoms. The number of rotatable bonds is 2. The number of quaternary nitrogens is 1. The largest absolute Gasteiger partial charge is 0.394 e. The number of nitrogens with one attached hydrogen (secondary N) is 2. The van der Waals surface area contributed by atoms with E-state index in [4.69, 9.17) is 15.6 Å². The van der Waals surface area contributed by atoms with E-state index >= 15 is 0 Å². The Kier molecular flexibility index (Phi) is 2.99. The van der Waals surface area contributed by atoms with Crippen molar-refractivity contribution in [3.8, 4) is 0 Å². The number of hydrogen-bond acceptors (Lipinski definition) is 8. The van der Waals surface area contributed by atoms with Crippen molar-refractivity contribution < 1.29 is 25.0 Å². The van der Waals surface area contributed by atoms with Gasteiger partial charge in [0.25, 0.3) is 0 Å². The maximum Gasteiger partial charge on any atom is 0.237 e. The normalized spacial score (nSPS) is 44.6. The zero-order chi connectivity index (χ0) is 13.6. The fourth-order valence-corrected chi connectivity index (χ4v) is 2.48. The van der Waals surface area contributed by atoms with Crippen LogP contribution in [0.3, 0.4) is 0 Å². The summed E-state index contributed by atoms with van der Waals surface area (Å²) < 4.78 is 5.47. The molecule has 104 valence electrons. The molecule has 0 bridgehead atoms. The summed E-state index contributed by atoms with van der Waals surface area (Å²) in [5, 5.41) is 31.6. The highest BCUT2D eigenvalue weighted by molar-refractivity contribution is 5.63. The van der Waals surface area contributed by atoms with Crippen LogP contribution in [0.4, 0.5) is 0 Å². The second kappa shape index (κ2) is 4.54. The predicted octanol–water partition coefficient (Wildman–Crippen LogP) is -4.56. The maximum atomic E-state index is 9.99. The van der Waals surface area contributed by atoms with E-state index in [1.165, 1.54) is 12.7 Å². The Morgan fingerprint density at radius 2 is 2.21 bits per heavy atom. The Labute approximate surface area is 108 Å². The first-order valence-corrected chi connectivity index (χ1v) is 5.94. The molecule has 3 aliphatic rings. The Balaban J connectivity index is 1.83. The van der Waals surface area contributed by atoms with Gasteiger partial charge in [0, 0.05) is 0 Å². The van der Waals surface area contributed by atoms with E-state index < -0.39 is 30.7 Å². The lowest BCUT2D eigenvalue weighted by Gasteiger charge is -2.25. The third kappa shape index (κ3) is 1.83. The summed E-state index contributed by atoms with van der Waals surface area (Å²) in [6, 6.07) is 0. The SMILES string of the molecule is NC1=C2N=C[NH+]([C@H]3O[C@@H](CO)[C@H](O)[C@@H]3O)C2N=CN1. The third-order valence-corrected chi connectivity index (χ3v) is 3.52. The molecule has 0 spiro atoms. The Bertz CT molecular complexity index is 465. The van der Waals surface area contributed by atoms with Gasteiger partial charge in [0.1, 0.15) is 18.0 Å². The van der Waals surface area contributed by atoms with E-state index in [0.29, 0.717) is 16.4 Å². The molecular weight excluding hydrogens is 254 g/mol. The van der Waals surface area contributed by atoms with Crippen LogP contribution in [0.15, 0.2) is 21.5 Å². The zero-order valence-electron chi connectivity index (χ0n) is 9.97. The monoisotopic (exact) mass is 270 g/mol. The van der Waals surface area contributed by atoms with Gasteiger partial charge in [-0.2, -0.15) is 4.99 Å². The standard InChI is InChI=1S/C10H15N5O4/c11-8-5-9(13-2-12-8)15(3-14-5)10-7(18)6(17)4(1-16)19-10/h2-4,6-7,9-10,16-18H,1,11H2,(H,12,13)/p+1/t4-,6-,7-,9?,10-/m0/s1. The highest BCUT2D eigenvalue weighted by atomic mass is 16.6. The smallest absolute Gasteiger partial charge is 0.237 e. The number of nitrogens with two attached hydrogens (primary N) is 1. The molecule has 1 fully saturated rings. The van der Waals surface area contributed by atoms with Crippen molar-refractivity contribution >= 4 is 12.7 Å². The Morgan fingerprint density at radius 3 is 2.89 bits per heavy atom. The van der Waals surface area contributed by atoms with Crippen molar-refractivity contribution in [2.24, 2.45) is 15.7 Å². The number of aliphatic hydroxyl groups excluding tert-OH is 3. The first-order valence-electron chi connectivity index (χ1n) is 5.94. The van der Waals surface area contributed by atoms with Crippen LogP contribution >= 0.6 is 0 Å². The van der Waals surface area contributed by atoms with Gasteiger partial charge >= 0.3 is 0 Å². The quantitative estimate of drug-likeness (QED) is 0.299. The van der Waals surface area contributed by atoms with Gasteiger partial charge in [-0.25, -0.2) is 9.89 Å². The summed E-state index contributed by atoms with van der Waals surface area (Å²) in [5.74, 6) is 0.401. The molecule has 6 atom stereocenters. The van der Waals surface area contributed by atoms with Crippen LogP contribution in [0.5, 0.6) is 0 Å². The van der Waals surface area contributed by atoms with Gasteiger partial charge in [-0.05, 0) is 0 Å². The lowest BCUT2D eigenvalue weighted by atomic mass is 10.1. The molecule has 0 aromatic carbocycles. The topological polar surface area (TPSA) is 137 Å². The number of aliphatic imine (C=N–C) groups is 2. The highest BCUT2D eigenvalue weighted by Crippen LogP contribution is 2.20. The van der Waals surface area contributed by atoms with Gasteiger partial charge in [0.2, 0.25) is 12.4 Å². The average molecular weight is 270 g/mol. The van der Waals surface area contributed by atoms with Gasteiger partial charge in [-0.1, -0.05) is 0 Å². The van der Waals surface area contributed by atoms with Gasteiger partial charge in [0.05, 0.1) is 12.9 Å². The van der Waals surface area contributed by atoms with E-state index in [1.807, 2.05) is 0 Å². The molecule has 3 heterocycles. The van der Waals surface area contributed by atoms with Crippen molar-refractivity contribution in [3.63, 3.8) is 0 Å².